The summed E-state index contributed by atoms with van der Waals surface area (Å²) in [7, 11) is 0. The largest absolute Gasteiger partial charge is 0.508 e. The molecule has 110 valence electrons. The molecule has 2 aromatic carbocycles. The van der Waals surface area contributed by atoms with Crippen molar-refractivity contribution >= 4 is 5.69 Å². The summed E-state index contributed by atoms with van der Waals surface area (Å²) in [4.78, 5) is 0. The second-order valence-corrected chi connectivity index (χ2v) is 6.91. The zero-order chi connectivity index (χ0) is 15.0. The van der Waals surface area contributed by atoms with Gasteiger partial charge in [-0.3, -0.25) is 0 Å². The minimum atomic E-state index is 0.125. The highest BCUT2D eigenvalue weighted by atomic mass is 16.3. The summed E-state index contributed by atoms with van der Waals surface area (Å²) in [6.45, 7) is 6.73. The van der Waals surface area contributed by atoms with Gasteiger partial charge in [-0.2, -0.15) is 0 Å². The number of hydrogen-bond donors (Lipinski definition) is 2. The monoisotopic (exact) mass is 281 g/mol. The first-order valence-corrected chi connectivity index (χ1v) is 7.63. The van der Waals surface area contributed by atoms with E-state index in [2.05, 4.69) is 56.4 Å². The molecule has 0 amide bonds. The van der Waals surface area contributed by atoms with Gasteiger partial charge < -0.3 is 10.4 Å². The maximum absolute atomic E-state index is 9.60. The van der Waals surface area contributed by atoms with Crippen molar-refractivity contribution in [3.8, 4) is 5.75 Å². The Morgan fingerprint density at radius 2 is 1.86 bits per heavy atom. The minimum absolute atomic E-state index is 0.125. The number of benzene rings is 2. The summed E-state index contributed by atoms with van der Waals surface area (Å²) in [6.07, 6.45) is 2.11. The number of phenolic OH excluding ortho intramolecular Hbond substituents is 1. The lowest BCUT2D eigenvalue weighted by Crippen LogP contribution is -2.16. The second kappa shape index (κ2) is 5.10. The van der Waals surface area contributed by atoms with Crippen molar-refractivity contribution in [3.05, 3.63) is 59.2 Å². The summed E-state index contributed by atoms with van der Waals surface area (Å²) in [6, 6.07) is 14.6. The van der Waals surface area contributed by atoms with Crippen LogP contribution in [0.5, 0.6) is 5.75 Å². The average Bonchev–Trinajstić information content (AvgIpc) is 2.80. The Balaban J connectivity index is 1.90. The van der Waals surface area contributed by atoms with Gasteiger partial charge in [0.2, 0.25) is 0 Å². The molecular formula is C19H23NO. The summed E-state index contributed by atoms with van der Waals surface area (Å²) in [5.41, 5.74) is 5.27. The van der Waals surface area contributed by atoms with Crippen LogP contribution in [-0.4, -0.2) is 5.11 Å². The van der Waals surface area contributed by atoms with Gasteiger partial charge in [0.05, 0.1) is 6.04 Å². The highest BCUT2D eigenvalue weighted by molar-refractivity contribution is 5.56. The van der Waals surface area contributed by atoms with E-state index in [0.717, 1.165) is 12.8 Å². The van der Waals surface area contributed by atoms with Crippen LogP contribution in [0.2, 0.25) is 0 Å². The Labute approximate surface area is 126 Å². The summed E-state index contributed by atoms with van der Waals surface area (Å²) >= 11 is 0. The van der Waals surface area contributed by atoms with Crippen molar-refractivity contribution in [1.82, 2.24) is 0 Å². The maximum atomic E-state index is 9.60. The van der Waals surface area contributed by atoms with Gasteiger partial charge in [-0.25, -0.2) is 0 Å². The van der Waals surface area contributed by atoms with Crippen LogP contribution in [0.3, 0.4) is 0 Å². The van der Waals surface area contributed by atoms with Crippen molar-refractivity contribution in [2.24, 2.45) is 0 Å². The molecule has 0 spiro atoms. The first kappa shape index (κ1) is 14.0. The highest BCUT2D eigenvalue weighted by Crippen LogP contribution is 2.38. The highest BCUT2D eigenvalue weighted by Gasteiger charge is 2.25. The molecule has 1 aliphatic carbocycles. The summed E-state index contributed by atoms with van der Waals surface area (Å²) < 4.78 is 0. The van der Waals surface area contributed by atoms with Crippen LogP contribution in [0.4, 0.5) is 5.69 Å². The molecule has 0 bridgehead atoms. The van der Waals surface area contributed by atoms with Crippen LogP contribution in [0.1, 0.15) is 49.9 Å². The van der Waals surface area contributed by atoms with Gasteiger partial charge >= 0.3 is 0 Å². The number of phenols is 1. The lowest BCUT2D eigenvalue weighted by Gasteiger charge is -2.25. The number of fused-ring (bicyclic) bond motifs is 1. The average molecular weight is 281 g/mol. The molecule has 0 saturated heterocycles. The van der Waals surface area contributed by atoms with E-state index in [1.54, 1.807) is 6.07 Å². The molecule has 0 saturated carbocycles. The number of aromatic hydroxyl groups is 1. The van der Waals surface area contributed by atoms with Gasteiger partial charge in [0.1, 0.15) is 5.75 Å². The third-order valence-electron chi connectivity index (χ3n) is 4.27. The van der Waals surface area contributed by atoms with Crippen molar-refractivity contribution in [2.45, 2.75) is 45.1 Å². The molecule has 0 aromatic heterocycles. The normalized spacial score (nSPS) is 17.6. The van der Waals surface area contributed by atoms with E-state index >= 15 is 0 Å². The number of hydrogen-bond acceptors (Lipinski definition) is 2. The molecule has 1 atom stereocenters. The maximum Gasteiger partial charge on any atom is 0.115 e. The number of anilines is 1. The van der Waals surface area contributed by atoms with Crippen LogP contribution in [-0.2, 0) is 11.8 Å². The van der Waals surface area contributed by atoms with Crippen molar-refractivity contribution < 1.29 is 5.11 Å². The fraction of sp³-hybridized carbons (Fsp3) is 0.368. The third-order valence-corrected chi connectivity index (χ3v) is 4.27. The van der Waals surface area contributed by atoms with Gasteiger partial charge in [-0.1, -0.05) is 45.0 Å². The van der Waals surface area contributed by atoms with Gasteiger partial charge in [-0.15, -0.1) is 0 Å². The fourth-order valence-corrected chi connectivity index (χ4v) is 3.20. The number of para-hydroxylation sites is 1. The molecule has 2 heteroatoms. The Morgan fingerprint density at radius 1 is 1.10 bits per heavy atom. The molecule has 2 aromatic rings. The smallest absolute Gasteiger partial charge is 0.115 e. The summed E-state index contributed by atoms with van der Waals surface area (Å²) in [5, 5.41) is 13.3. The van der Waals surface area contributed by atoms with Crippen molar-refractivity contribution in [2.75, 3.05) is 5.32 Å². The minimum Gasteiger partial charge on any atom is -0.508 e. The zero-order valence-electron chi connectivity index (χ0n) is 13.0. The Bertz CT molecular complexity index is 655. The van der Waals surface area contributed by atoms with Crippen molar-refractivity contribution in [1.29, 1.82) is 0 Å². The molecule has 1 aliphatic rings. The van der Waals surface area contributed by atoms with E-state index in [4.69, 9.17) is 0 Å². The lowest BCUT2D eigenvalue weighted by atomic mass is 9.85. The fourth-order valence-electron chi connectivity index (χ4n) is 3.20. The zero-order valence-corrected chi connectivity index (χ0v) is 13.0. The van der Waals surface area contributed by atoms with Gasteiger partial charge in [0.15, 0.2) is 0 Å². The molecule has 0 aliphatic heterocycles. The number of rotatable bonds is 2. The predicted molar refractivity (Wildman–Crippen MR) is 87.9 cm³/mol. The SMILES string of the molecule is CC(C)(C)c1ccccc1NC1CCc2cc(O)ccc21. The van der Waals surface area contributed by atoms with Gasteiger partial charge in [-0.05, 0) is 53.1 Å². The number of aryl methyl sites for hydroxylation is 1. The van der Waals surface area contributed by atoms with E-state index in [0.29, 0.717) is 11.8 Å². The Kier molecular flexibility index (Phi) is 3.40. The second-order valence-electron chi connectivity index (χ2n) is 6.91. The molecule has 21 heavy (non-hydrogen) atoms. The van der Waals surface area contributed by atoms with Crippen LogP contribution < -0.4 is 5.32 Å². The van der Waals surface area contributed by atoms with Crippen LogP contribution in [0.15, 0.2) is 42.5 Å². The quantitative estimate of drug-likeness (QED) is 0.829. The molecule has 0 radical (unpaired) electrons. The van der Waals surface area contributed by atoms with Gasteiger partial charge in [0.25, 0.3) is 0 Å². The topological polar surface area (TPSA) is 32.3 Å². The third kappa shape index (κ3) is 2.76. The van der Waals surface area contributed by atoms with E-state index in [-0.39, 0.29) is 5.41 Å². The van der Waals surface area contributed by atoms with E-state index in [1.807, 2.05) is 6.07 Å². The van der Waals surface area contributed by atoms with E-state index in [1.165, 1.54) is 22.4 Å². The van der Waals surface area contributed by atoms with Crippen LogP contribution in [0.25, 0.3) is 0 Å². The lowest BCUT2D eigenvalue weighted by molar-refractivity contribution is 0.474. The molecule has 0 fully saturated rings. The summed E-state index contributed by atoms with van der Waals surface area (Å²) in [5.74, 6) is 0.365. The van der Waals surface area contributed by atoms with E-state index in [9.17, 15) is 5.11 Å². The van der Waals surface area contributed by atoms with Crippen LogP contribution >= 0.6 is 0 Å². The molecular weight excluding hydrogens is 258 g/mol. The predicted octanol–water partition coefficient (Wildman–Crippen LogP) is 4.79. The Hall–Kier alpha value is -1.96. The molecule has 1 unspecified atom stereocenters. The van der Waals surface area contributed by atoms with Crippen molar-refractivity contribution in [3.63, 3.8) is 0 Å². The molecule has 3 rings (SSSR count). The van der Waals surface area contributed by atoms with Crippen LogP contribution in [0, 0.1) is 0 Å². The first-order valence-electron chi connectivity index (χ1n) is 7.63. The molecule has 2 N–H and O–H groups in total. The number of nitrogens with one attached hydrogen (secondary N) is 1. The first-order chi connectivity index (χ1) is 9.95. The molecule has 0 heterocycles. The van der Waals surface area contributed by atoms with E-state index < -0.39 is 0 Å². The Morgan fingerprint density at radius 3 is 2.62 bits per heavy atom. The molecule has 2 nitrogen and oxygen atoms in total. The standard InChI is InChI=1S/C19H23NO/c1-19(2,3)16-6-4-5-7-18(16)20-17-11-8-13-12-14(21)9-10-15(13)17/h4-7,9-10,12,17,20-21H,8,11H2,1-3H3. The van der Waals surface area contributed by atoms with Gasteiger partial charge in [0, 0.05) is 5.69 Å².